The van der Waals surface area contributed by atoms with E-state index < -0.39 is 0 Å². The molecule has 0 radical (unpaired) electrons. The number of halogens is 1. The highest BCUT2D eigenvalue weighted by Crippen LogP contribution is 2.20. The van der Waals surface area contributed by atoms with Gasteiger partial charge in [0.2, 0.25) is 0 Å². The second-order valence-corrected chi connectivity index (χ2v) is 2.56. The maximum absolute atomic E-state index is 12.8. The van der Waals surface area contributed by atoms with Crippen LogP contribution in [0.15, 0.2) is 35.7 Å². The van der Waals surface area contributed by atoms with Crippen LogP contribution in [0.3, 0.4) is 0 Å². The molecule has 0 fully saturated rings. The Morgan fingerprint density at radius 1 is 1.40 bits per heavy atom. The van der Waals surface area contributed by atoms with Crippen LogP contribution in [-0.4, -0.2) is 0 Å². The van der Waals surface area contributed by atoms with Gasteiger partial charge < -0.3 is 0 Å². The normalized spacial score (nSPS) is 25.3. The first kappa shape index (κ1) is 7.26. The highest BCUT2D eigenvalue weighted by molar-refractivity contribution is 5.28. The molecule has 0 aromatic rings. The van der Waals surface area contributed by atoms with Crippen molar-refractivity contribution >= 4 is 0 Å². The second kappa shape index (κ2) is 2.82. The van der Waals surface area contributed by atoms with E-state index in [4.69, 9.17) is 0 Å². The lowest BCUT2D eigenvalue weighted by Crippen LogP contribution is -1.91. The molecule has 0 bridgehead atoms. The molecule has 0 nitrogen and oxygen atoms in total. The largest absolute Gasteiger partial charge is 0.207 e. The van der Waals surface area contributed by atoms with E-state index in [1.807, 2.05) is 26.0 Å². The van der Waals surface area contributed by atoms with Crippen LogP contribution in [-0.2, 0) is 0 Å². The summed E-state index contributed by atoms with van der Waals surface area (Å²) in [4.78, 5) is 0. The molecule has 1 aliphatic rings. The molecule has 1 heteroatoms. The monoisotopic (exact) mass is 138 g/mol. The average molecular weight is 138 g/mol. The summed E-state index contributed by atoms with van der Waals surface area (Å²) >= 11 is 0. The lowest BCUT2D eigenvalue weighted by Gasteiger charge is -2.04. The Bertz CT molecular complexity index is 209. The summed E-state index contributed by atoms with van der Waals surface area (Å²) in [6, 6.07) is 0. The van der Waals surface area contributed by atoms with Crippen LogP contribution < -0.4 is 0 Å². The maximum Gasteiger partial charge on any atom is 0.122 e. The standard InChI is InChI=1S/C9H11F/c1-7-5-3-4-6-9(10)8(7)2/h3-7H,1-2H3. The van der Waals surface area contributed by atoms with E-state index in [1.54, 1.807) is 6.08 Å². The van der Waals surface area contributed by atoms with E-state index in [1.165, 1.54) is 6.08 Å². The van der Waals surface area contributed by atoms with E-state index in [2.05, 4.69) is 0 Å². The average Bonchev–Trinajstić information content (AvgIpc) is 2.04. The Hall–Kier alpha value is -0.850. The van der Waals surface area contributed by atoms with Gasteiger partial charge in [-0.05, 0) is 24.5 Å². The van der Waals surface area contributed by atoms with Gasteiger partial charge in [0.05, 0.1) is 0 Å². The van der Waals surface area contributed by atoms with Crippen LogP contribution in [0.4, 0.5) is 4.39 Å². The molecule has 0 saturated carbocycles. The molecule has 1 atom stereocenters. The Balaban J connectivity index is 2.96. The summed E-state index contributed by atoms with van der Waals surface area (Å²) in [5, 5.41) is 0. The molecular formula is C9H11F. The summed E-state index contributed by atoms with van der Waals surface area (Å²) in [7, 11) is 0. The van der Waals surface area contributed by atoms with Crippen molar-refractivity contribution in [2.45, 2.75) is 13.8 Å². The van der Waals surface area contributed by atoms with Gasteiger partial charge in [0.1, 0.15) is 5.83 Å². The summed E-state index contributed by atoms with van der Waals surface area (Å²) < 4.78 is 12.8. The Kier molecular flexibility index (Phi) is 2.05. The number of hydrogen-bond donors (Lipinski definition) is 0. The Labute approximate surface area is 60.7 Å². The summed E-state index contributed by atoms with van der Waals surface area (Å²) in [5.74, 6) is 0.132. The third-order valence-electron chi connectivity index (χ3n) is 1.81. The van der Waals surface area contributed by atoms with Crippen molar-refractivity contribution in [2.24, 2.45) is 5.92 Å². The predicted molar refractivity (Wildman–Crippen MR) is 41.3 cm³/mol. The van der Waals surface area contributed by atoms with Crippen LogP contribution in [0.1, 0.15) is 13.8 Å². The van der Waals surface area contributed by atoms with Gasteiger partial charge in [0, 0.05) is 0 Å². The van der Waals surface area contributed by atoms with Crippen molar-refractivity contribution in [3.63, 3.8) is 0 Å². The minimum Gasteiger partial charge on any atom is -0.207 e. The molecule has 0 amide bonds. The SMILES string of the molecule is CC1=C(F)C=CC=CC1C. The van der Waals surface area contributed by atoms with Crippen LogP contribution in [0.25, 0.3) is 0 Å². The van der Waals surface area contributed by atoms with E-state index in [-0.39, 0.29) is 11.7 Å². The highest BCUT2D eigenvalue weighted by atomic mass is 19.1. The van der Waals surface area contributed by atoms with Crippen LogP contribution in [0.2, 0.25) is 0 Å². The lowest BCUT2D eigenvalue weighted by molar-refractivity contribution is 0.634. The molecule has 0 aliphatic heterocycles. The van der Waals surface area contributed by atoms with Gasteiger partial charge in [0.15, 0.2) is 0 Å². The topological polar surface area (TPSA) is 0 Å². The third-order valence-corrected chi connectivity index (χ3v) is 1.81. The van der Waals surface area contributed by atoms with Crippen molar-refractivity contribution in [3.05, 3.63) is 35.7 Å². The van der Waals surface area contributed by atoms with E-state index in [0.29, 0.717) is 0 Å². The number of rotatable bonds is 0. The molecular weight excluding hydrogens is 127 g/mol. The minimum atomic E-state index is -0.0995. The molecule has 54 valence electrons. The minimum absolute atomic E-state index is 0.0995. The summed E-state index contributed by atoms with van der Waals surface area (Å²) in [6.45, 7) is 3.80. The number of hydrogen-bond acceptors (Lipinski definition) is 0. The van der Waals surface area contributed by atoms with Crippen LogP contribution in [0, 0.1) is 5.92 Å². The molecule has 0 N–H and O–H groups in total. The van der Waals surface area contributed by atoms with Gasteiger partial charge in [-0.25, -0.2) is 4.39 Å². The zero-order chi connectivity index (χ0) is 7.56. The van der Waals surface area contributed by atoms with Crippen molar-refractivity contribution in [1.82, 2.24) is 0 Å². The molecule has 1 rings (SSSR count). The van der Waals surface area contributed by atoms with Gasteiger partial charge in [-0.1, -0.05) is 25.2 Å². The smallest absolute Gasteiger partial charge is 0.122 e. The van der Waals surface area contributed by atoms with Crippen LogP contribution >= 0.6 is 0 Å². The zero-order valence-corrected chi connectivity index (χ0v) is 6.26. The summed E-state index contributed by atoms with van der Waals surface area (Å²) in [5.41, 5.74) is 0.810. The van der Waals surface area contributed by atoms with Gasteiger partial charge in [-0.15, -0.1) is 0 Å². The quantitative estimate of drug-likeness (QED) is 0.482. The molecule has 0 aromatic heterocycles. The fraction of sp³-hybridized carbons (Fsp3) is 0.333. The van der Waals surface area contributed by atoms with Crippen molar-refractivity contribution < 1.29 is 4.39 Å². The zero-order valence-electron chi connectivity index (χ0n) is 6.26. The first-order valence-corrected chi connectivity index (χ1v) is 3.43. The molecule has 0 saturated heterocycles. The molecule has 10 heavy (non-hydrogen) atoms. The van der Waals surface area contributed by atoms with Gasteiger partial charge >= 0.3 is 0 Å². The maximum atomic E-state index is 12.8. The van der Waals surface area contributed by atoms with Crippen molar-refractivity contribution in [3.8, 4) is 0 Å². The third kappa shape index (κ3) is 1.35. The van der Waals surface area contributed by atoms with E-state index >= 15 is 0 Å². The fourth-order valence-electron chi connectivity index (χ4n) is 0.864. The Morgan fingerprint density at radius 3 is 2.80 bits per heavy atom. The highest BCUT2D eigenvalue weighted by Gasteiger charge is 2.05. The summed E-state index contributed by atoms with van der Waals surface area (Å²) in [6.07, 6.45) is 7.08. The Morgan fingerprint density at radius 2 is 2.10 bits per heavy atom. The van der Waals surface area contributed by atoms with E-state index in [0.717, 1.165) is 5.57 Å². The predicted octanol–water partition coefficient (Wildman–Crippen LogP) is 2.99. The molecule has 1 unspecified atom stereocenters. The first-order valence-electron chi connectivity index (χ1n) is 3.43. The lowest BCUT2D eigenvalue weighted by atomic mass is 10.0. The second-order valence-electron chi connectivity index (χ2n) is 2.56. The molecule has 0 aromatic carbocycles. The molecule has 0 heterocycles. The van der Waals surface area contributed by atoms with Crippen LogP contribution in [0.5, 0.6) is 0 Å². The molecule has 0 spiro atoms. The van der Waals surface area contributed by atoms with Crippen molar-refractivity contribution in [2.75, 3.05) is 0 Å². The van der Waals surface area contributed by atoms with Gasteiger partial charge in [-0.2, -0.15) is 0 Å². The van der Waals surface area contributed by atoms with E-state index in [9.17, 15) is 4.39 Å². The first-order chi connectivity index (χ1) is 4.72. The van der Waals surface area contributed by atoms with Gasteiger partial charge in [0.25, 0.3) is 0 Å². The number of allylic oxidation sites excluding steroid dienone is 6. The van der Waals surface area contributed by atoms with Gasteiger partial charge in [-0.3, -0.25) is 0 Å². The van der Waals surface area contributed by atoms with Crippen molar-refractivity contribution in [1.29, 1.82) is 0 Å². The molecule has 1 aliphatic carbocycles. The fourth-order valence-corrected chi connectivity index (χ4v) is 0.864.